The van der Waals surface area contributed by atoms with E-state index >= 15 is 0 Å². The number of carbonyl (C=O) groups is 3. The first kappa shape index (κ1) is 26.8. The molecule has 1 heterocycles. The number of aliphatic carboxylic acids is 1. The Morgan fingerprint density at radius 3 is 2.37 bits per heavy atom. The summed E-state index contributed by atoms with van der Waals surface area (Å²) in [5.41, 5.74) is 1.41. The SMILES string of the molecule is CON=C(C(=O)N[C@@H](Cc1ccc(NC(=O)c2c(Cl)cccc2Cl)cc1)C(=O)O)c1ccc2c(c1)OCO2. The van der Waals surface area contributed by atoms with Crippen molar-refractivity contribution < 1.29 is 33.8 Å². The Bertz CT molecular complexity index is 1390. The van der Waals surface area contributed by atoms with Crippen LogP contribution in [-0.4, -0.2) is 48.5 Å². The Morgan fingerprint density at radius 2 is 1.71 bits per heavy atom. The highest BCUT2D eigenvalue weighted by atomic mass is 35.5. The number of nitrogens with zero attached hydrogens (tertiary/aromatic N) is 1. The summed E-state index contributed by atoms with van der Waals surface area (Å²) < 4.78 is 10.6. The van der Waals surface area contributed by atoms with E-state index in [4.69, 9.17) is 37.5 Å². The number of amides is 2. The van der Waals surface area contributed by atoms with Gasteiger partial charge in [0.05, 0.1) is 15.6 Å². The number of anilines is 1. The van der Waals surface area contributed by atoms with E-state index in [9.17, 15) is 19.5 Å². The average Bonchev–Trinajstić information content (AvgIpc) is 3.35. The van der Waals surface area contributed by atoms with Gasteiger partial charge in [-0.2, -0.15) is 0 Å². The summed E-state index contributed by atoms with van der Waals surface area (Å²) in [5, 5.41) is 19.1. The zero-order chi connectivity index (χ0) is 27.2. The van der Waals surface area contributed by atoms with Gasteiger partial charge in [0.15, 0.2) is 17.2 Å². The molecule has 0 saturated carbocycles. The summed E-state index contributed by atoms with van der Waals surface area (Å²) in [6.45, 7) is 0.0546. The predicted molar refractivity (Wildman–Crippen MR) is 140 cm³/mol. The van der Waals surface area contributed by atoms with Crippen LogP contribution in [0.1, 0.15) is 21.5 Å². The van der Waals surface area contributed by atoms with Crippen LogP contribution in [-0.2, 0) is 20.8 Å². The number of ether oxygens (including phenoxy) is 2. The summed E-state index contributed by atoms with van der Waals surface area (Å²) in [6, 6.07) is 14.7. The van der Waals surface area contributed by atoms with Crippen molar-refractivity contribution in [3.05, 3.63) is 87.4 Å². The Kier molecular flexibility index (Phi) is 8.35. The molecule has 0 radical (unpaired) electrons. The lowest BCUT2D eigenvalue weighted by atomic mass is 10.0. The van der Waals surface area contributed by atoms with Gasteiger partial charge in [0.1, 0.15) is 13.2 Å². The standard InChI is InChI=1S/C26H21Cl2N3O7/c1-36-31-23(15-7-10-20-21(12-15)38-13-37-20)25(33)30-19(26(34)35)11-14-5-8-16(9-6-14)29-24(32)22-17(27)3-2-4-18(22)28/h2-10,12,19H,11,13H2,1H3,(H,29,32)(H,30,33)(H,34,35)/t19-/m0/s1. The Labute approximate surface area is 227 Å². The second-order valence-electron chi connectivity index (χ2n) is 8.01. The number of carboxylic acids is 1. The fourth-order valence-electron chi connectivity index (χ4n) is 3.66. The largest absolute Gasteiger partial charge is 0.480 e. The van der Waals surface area contributed by atoms with E-state index in [1.54, 1.807) is 60.7 Å². The van der Waals surface area contributed by atoms with Crippen LogP contribution in [0.15, 0.2) is 65.8 Å². The molecule has 0 spiro atoms. The molecule has 3 N–H and O–H groups in total. The highest BCUT2D eigenvalue weighted by molar-refractivity contribution is 6.45. The number of hydrogen-bond donors (Lipinski definition) is 3. The Hall–Kier alpha value is -4.28. The predicted octanol–water partition coefficient (Wildman–Crippen LogP) is 4.14. The molecule has 4 rings (SSSR count). The lowest BCUT2D eigenvalue weighted by Gasteiger charge is -2.16. The van der Waals surface area contributed by atoms with Gasteiger partial charge in [0.25, 0.3) is 11.8 Å². The van der Waals surface area contributed by atoms with Crippen molar-refractivity contribution in [1.82, 2.24) is 5.32 Å². The zero-order valence-electron chi connectivity index (χ0n) is 19.9. The summed E-state index contributed by atoms with van der Waals surface area (Å²) in [4.78, 5) is 42.3. The van der Waals surface area contributed by atoms with Gasteiger partial charge in [-0.3, -0.25) is 9.59 Å². The highest BCUT2D eigenvalue weighted by Crippen LogP contribution is 2.32. The molecule has 0 saturated heterocycles. The van der Waals surface area contributed by atoms with Crippen molar-refractivity contribution >= 4 is 52.4 Å². The molecule has 0 unspecified atom stereocenters. The average molecular weight is 558 g/mol. The summed E-state index contributed by atoms with van der Waals surface area (Å²) in [6.07, 6.45) is -0.0347. The van der Waals surface area contributed by atoms with E-state index in [0.717, 1.165) is 0 Å². The first-order chi connectivity index (χ1) is 18.3. The highest BCUT2D eigenvalue weighted by Gasteiger charge is 2.26. The minimum Gasteiger partial charge on any atom is -0.480 e. The van der Waals surface area contributed by atoms with E-state index in [0.29, 0.717) is 28.3 Å². The third-order valence-corrected chi connectivity index (χ3v) is 6.12. The lowest BCUT2D eigenvalue weighted by molar-refractivity contribution is -0.141. The normalized spacial score (nSPS) is 13.0. The van der Waals surface area contributed by atoms with Crippen molar-refractivity contribution in [3.8, 4) is 11.5 Å². The van der Waals surface area contributed by atoms with Gasteiger partial charge in [0.2, 0.25) is 6.79 Å². The van der Waals surface area contributed by atoms with Gasteiger partial charge in [-0.05, 0) is 48.0 Å². The van der Waals surface area contributed by atoms with E-state index in [2.05, 4.69) is 15.8 Å². The second-order valence-corrected chi connectivity index (χ2v) is 8.82. The van der Waals surface area contributed by atoms with Gasteiger partial charge in [-0.15, -0.1) is 0 Å². The molecule has 3 aromatic carbocycles. The number of halogens is 2. The number of nitrogens with one attached hydrogen (secondary N) is 2. The number of carboxylic acid groups (broad SMARTS) is 1. The van der Waals surface area contributed by atoms with Gasteiger partial charge in [-0.1, -0.05) is 46.6 Å². The molecule has 38 heavy (non-hydrogen) atoms. The molecule has 0 bridgehead atoms. The van der Waals surface area contributed by atoms with Crippen LogP contribution in [0.25, 0.3) is 0 Å². The van der Waals surface area contributed by atoms with Crippen LogP contribution in [0.4, 0.5) is 5.69 Å². The topological polar surface area (TPSA) is 136 Å². The molecule has 1 atom stereocenters. The summed E-state index contributed by atoms with van der Waals surface area (Å²) >= 11 is 12.2. The zero-order valence-corrected chi connectivity index (χ0v) is 21.4. The molecular formula is C26H21Cl2N3O7. The molecule has 0 aliphatic carbocycles. The Balaban J connectivity index is 1.44. The van der Waals surface area contributed by atoms with E-state index in [1.165, 1.54) is 7.11 Å². The number of oxime groups is 1. The fraction of sp³-hybridized carbons (Fsp3) is 0.154. The maximum Gasteiger partial charge on any atom is 0.326 e. The third-order valence-electron chi connectivity index (χ3n) is 5.49. The molecule has 196 valence electrons. The maximum absolute atomic E-state index is 13.0. The molecule has 1 aliphatic rings. The minimum atomic E-state index is -1.28. The first-order valence-electron chi connectivity index (χ1n) is 11.2. The van der Waals surface area contributed by atoms with Crippen LogP contribution in [0.5, 0.6) is 11.5 Å². The number of rotatable bonds is 9. The lowest BCUT2D eigenvalue weighted by Crippen LogP contribution is -2.45. The van der Waals surface area contributed by atoms with Crippen LogP contribution in [0.2, 0.25) is 10.0 Å². The van der Waals surface area contributed by atoms with Crippen molar-refractivity contribution in [2.45, 2.75) is 12.5 Å². The Morgan fingerprint density at radius 1 is 1.03 bits per heavy atom. The number of hydrogen-bond acceptors (Lipinski definition) is 7. The molecule has 0 fully saturated rings. The van der Waals surface area contributed by atoms with Crippen molar-refractivity contribution in [2.24, 2.45) is 5.16 Å². The molecule has 0 aromatic heterocycles. The van der Waals surface area contributed by atoms with Crippen molar-refractivity contribution in [3.63, 3.8) is 0 Å². The maximum atomic E-state index is 13.0. The molecule has 3 aromatic rings. The van der Waals surface area contributed by atoms with Gasteiger partial charge in [0, 0.05) is 17.7 Å². The van der Waals surface area contributed by atoms with Crippen LogP contribution in [0, 0.1) is 0 Å². The third kappa shape index (κ3) is 6.16. The smallest absolute Gasteiger partial charge is 0.326 e. The monoisotopic (exact) mass is 557 g/mol. The van der Waals surface area contributed by atoms with E-state index < -0.39 is 23.8 Å². The van der Waals surface area contributed by atoms with Gasteiger partial charge in [-0.25, -0.2) is 4.79 Å². The minimum absolute atomic E-state index is 0.0347. The van der Waals surface area contributed by atoms with Gasteiger partial charge < -0.3 is 30.1 Å². The van der Waals surface area contributed by atoms with Crippen LogP contribution in [0.3, 0.4) is 0 Å². The molecular weight excluding hydrogens is 537 g/mol. The quantitative estimate of drug-likeness (QED) is 0.265. The molecule has 1 aliphatic heterocycles. The van der Waals surface area contributed by atoms with Crippen LogP contribution < -0.4 is 20.1 Å². The number of benzene rings is 3. The van der Waals surface area contributed by atoms with Crippen molar-refractivity contribution in [2.75, 3.05) is 19.2 Å². The first-order valence-corrected chi connectivity index (χ1v) is 11.9. The van der Waals surface area contributed by atoms with Crippen LogP contribution >= 0.6 is 23.2 Å². The van der Waals surface area contributed by atoms with E-state index in [-0.39, 0.29) is 34.5 Å². The number of carbonyl (C=O) groups excluding carboxylic acids is 2. The summed E-state index contributed by atoms with van der Waals surface area (Å²) in [5.74, 6) is -1.54. The fourth-order valence-corrected chi connectivity index (χ4v) is 4.22. The van der Waals surface area contributed by atoms with Crippen molar-refractivity contribution in [1.29, 1.82) is 0 Å². The molecule has 10 nitrogen and oxygen atoms in total. The number of fused-ring (bicyclic) bond motifs is 1. The second kappa shape index (κ2) is 11.8. The van der Waals surface area contributed by atoms with Gasteiger partial charge >= 0.3 is 5.97 Å². The van der Waals surface area contributed by atoms with E-state index in [1.807, 2.05) is 0 Å². The molecule has 2 amide bonds. The molecule has 12 heteroatoms. The summed E-state index contributed by atoms with van der Waals surface area (Å²) in [7, 11) is 1.27.